The summed E-state index contributed by atoms with van der Waals surface area (Å²) in [5.41, 5.74) is -0.233. The zero-order valence-electron chi connectivity index (χ0n) is 12.8. The van der Waals surface area contributed by atoms with Gasteiger partial charge in [-0.15, -0.1) is 0 Å². The maximum absolute atomic E-state index is 13.6. The van der Waals surface area contributed by atoms with Crippen LogP contribution in [0.25, 0.3) is 22.3 Å². The van der Waals surface area contributed by atoms with Gasteiger partial charge in [-0.25, -0.2) is 13.8 Å². The molecule has 0 fully saturated rings. The number of halogens is 4. The minimum atomic E-state index is -2.85. The molecule has 0 aliphatic carbocycles. The Labute approximate surface area is 156 Å². The van der Waals surface area contributed by atoms with Crippen molar-refractivity contribution in [2.24, 2.45) is 0 Å². The van der Waals surface area contributed by atoms with E-state index < -0.39 is 17.5 Å². The molecule has 1 N–H and O–H groups in total. The number of aromatic amines is 1. The first-order valence-corrected chi connectivity index (χ1v) is 8.41. The monoisotopic (exact) mass is 401 g/mol. The summed E-state index contributed by atoms with van der Waals surface area (Å²) in [4.78, 5) is 19.0. The van der Waals surface area contributed by atoms with Gasteiger partial charge < -0.3 is 4.57 Å². The second-order valence-corrected chi connectivity index (χ2v) is 6.43. The van der Waals surface area contributed by atoms with Crippen molar-refractivity contribution in [3.8, 4) is 11.3 Å². The summed E-state index contributed by atoms with van der Waals surface area (Å²) in [6.07, 6.45) is -2.85. The molecule has 4 nitrogen and oxygen atoms in total. The number of hydrogen-bond acceptors (Lipinski definition) is 3. The quantitative estimate of drug-likeness (QED) is 0.598. The number of rotatable bonds is 3. The number of nitrogens with one attached hydrogen (secondary N) is 1. The minimum Gasteiger partial charge on any atom is -0.303 e. The lowest BCUT2D eigenvalue weighted by Gasteiger charge is -2.13. The van der Waals surface area contributed by atoms with Gasteiger partial charge in [-0.05, 0) is 37.3 Å². The van der Waals surface area contributed by atoms with Crippen molar-refractivity contribution in [2.45, 2.75) is 19.9 Å². The van der Waals surface area contributed by atoms with E-state index in [0.29, 0.717) is 17.1 Å². The zero-order chi connectivity index (χ0) is 18.3. The number of H-pyrrole nitrogens is 1. The van der Waals surface area contributed by atoms with Crippen molar-refractivity contribution in [3.63, 3.8) is 0 Å². The first-order valence-electron chi connectivity index (χ1n) is 7.24. The number of hydrogen-bond donors (Lipinski definition) is 1. The molecule has 3 aromatic rings. The number of aryl methyl sites for hydroxylation is 1. The second-order valence-electron chi connectivity index (χ2n) is 5.23. The van der Waals surface area contributed by atoms with Crippen molar-refractivity contribution in [1.29, 1.82) is 0 Å². The summed E-state index contributed by atoms with van der Waals surface area (Å²) in [5.74, 6) is 0. The molecular weight excluding hydrogens is 391 g/mol. The van der Waals surface area contributed by atoms with Crippen LogP contribution < -0.4 is 5.56 Å². The van der Waals surface area contributed by atoms with Crippen LogP contribution in [-0.4, -0.2) is 14.5 Å². The Bertz CT molecular complexity index is 1100. The van der Waals surface area contributed by atoms with E-state index in [1.807, 2.05) is 0 Å². The first kappa shape index (κ1) is 18.0. The van der Waals surface area contributed by atoms with E-state index in [1.54, 1.807) is 19.1 Å². The number of alkyl halides is 2. The van der Waals surface area contributed by atoms with Gasteiger partial charge in [-0.2, -0.15) is 0 Å². The Balaban J connectivity index is 2.44. The predicted octanol–water partition coefficient (Wildman–Crippen LogP) is 5.39. The van der Waals surface area contributed by atoms with Crippen molar-refractivity contribution < 1.29 is 8.78 Å². The van der Waals surface area contributed by atoms with Crippen molar-refractivity contribution in [3.05, 3.63) is 55.0 Å². The lowest BCUT2D eigenvalue weighted by molar-refractivity contribution is 0.153. The molecule has 130 valence electrons. The average Bonchev–Trinajstić information content (AvgIpc) is 2.56. The van der Waals surface area contributed by atoms with Crippen LogP contribution in [0.2, 0.25) is 10.0 Å². The van der Waals surface area contributed by atoms with E-state index in [1.165, 1.54) is 16.7 Å². The molecule has 0 unspecified atom stereocenters. The predicted molar refractivity (Wildman–Crippen MR) is 97.3 cm³/mol. The highest BCUT2D eigenvalue weighted by atomic mass is 35.5. The highest BCUT2D eigenvalue weighted by Gasteiger charge is 2.20. The Kier molecular flexibility index (Phi) is 4.90. The Morgan fingerprint density at radius 3 is 2.60 bits per heavy atom. The lowest BCUT2D eigenvalue weighted by atomic mass is 10.1. The number of benzene rings is 1. The van der Waals surface area contributed by atoms with Gasteiger partial charge in [0.05, 0.1) is 21.1 Å². The molecule has 0 spiro atoms. The molecule has 0 amide bonds. The lowest BCUT2D eigenvalue weighted by Crippen LogP contribution is -2.17. The molecule has 2 aromatic heterocycles. The molecule has 0 radical (unpaired) electrons. The van der Waals surface area contributed by atoms with Gasteiger partial charge in [-0.1, -0.05) is 29.3 Å². The van der Waals surface area contributed by atoms with Gasteiger partial charge in [0, 0.05) is 17.7 Å². The van der Waals surface area contributed by atoms with Gasteiger partial charge in [0.1, 0.15) is 5.65 Å². The molecule has 2 heterocycles. The second kappa shape index (κ2) is 6.82. The van der Waals surface area contributed by atoms with E-state index in [-0.39, 0.29) is 26.5 Å². The van der Waals surface area contributed by atoms with Crippen LogP contribution in [0.1, 0.15) is 18.9 Å². The van der Waals surface area contributed by atoms with Crippen molar-refractivity contribution >= 4 is 46.5 Å². The molecule has 0 bridgehead atoms. The minimum absolute atomic E-state index is 0.107. The maximum Gasteiger partial charge on any atom is 0.264 e. The Morgan fingerprint density at radius 2 is 2.00 bits per heavy atom. The van der Waals surface area contributed by atoms with Gasteiger partial charge in [0.2, 0.25) is 0 Å². The number of fused-ring (bicyclic) bond motifs is 1. The highest BCUT2D eigenvalue weighted by Crippen LogP contribution is 2.32. The van der Waals surface area contributed by atoms with Crippen LogP contribution in [0.3, 0.4) is 0 Å². The van der Waals surface area contributed by atoms with E-state index >= 15 is 0 Å². The smallest absolute Gasteiger partial charge is 0.264 e. The first-order chi connectivity index (χ1) is 11.8. The third kappa shape index (κ3) is 3.19. The van der Waals surface area contributed by atoms with E-state index in [0.717, 1.165) is 0 Å². The molecule has 1 aromatic carbocycles. The molecule has 0 saturated carbocycles. The fourth-order valence-electron chi connectivity index (χ4n) is 2.57. The fraction of sp³-hybridized carbons (Fsp3) is 0.188. The highest BCUT2D eigenvalue weighted by molar-refractivity contribution is 7.71. The molecule has 0 saturated heterocycles. The van der Waals surface area contributed by atoms with Gasteiger partial charge in [-0.3, -0.25) is 9.78 Å². The summed E-state index contributed by atoms with van der Waals surface area (Å²) >= 11 is 17.0. The van der Waals surface area contributed by atoms with E-state index in [4.69, 9.17) is 35.4 Å². The summed E-state index contributed by atoms with van der Waals surface area (Å²) in [7, 11) is 0. The molecule has 0 atom stereocenters. The van der Waals surface area contributed by atoms with Crippen LogP contribution in [0.15, 0.2) is 29.1 Å². The van der Waals surface area contributed by atoms with Crippen LogP contribution in [0.4, 0.5) is 8.78 Å². The maximum atomic E-state index is 13.6. The molecule has 0 aliphatic rings. The van der Waals surface area contributed by atoms with Crippen LogP contribution in [0.5, 0.6) is 0 Å². The average molecular weight is 402 g/mol. The molecular formula is C16H11Cl2F2N3OS. The van der Waals surface area contributed by atoms with Crippen molar-refractivity contribution in [2.75, 3.05) is 0 Å². The van der Waals surface area contributed by atoms with Gasteiger partial charge in [0.15, 0.2) is 4.77 Å². The number of pyridine rings is 1. The molecule has 3 rings (SSSR count). The fourth-order valence-corrected chi connectivity index (χ4v) is 3.18. The van der Waals surface area contributed by atoms with E-state index in [2.05, 4.69) is 9.97 Å². The van der Waals surface area contributed by atoms with Crippen LogP contribution in [0, 0.1) is 4.77 Å². The largest absolute Gasteiger partial charge is 0.303 e. The van der Waals surface area contributed by atoms with Crippen LogP contribution in [-0.2, 0) is 6.54 Å². The zero-order valence-corrected chi connectivity index (χ0v) is 15.1. The SMILES string of the molecule is CCn1c(=S)[nH]c(=O)c2c(C(F)F)cc(-c3ccc(Cl)c(Cl)c3)nc21. The summed E-state index contributed by atoms with van der Waals surface area (Å²) in [6, 6.07) is 5.89. The van der Waals surface area contributed by atoms with Gasteiger partial charge in [0.25, 0.3) is 12.0 Å². The molecule has 25 heavy (non-hydrogen) atoms. The topological polar surface area (TPSA) is 50.7 Å². The summed E-state index contributed by atoms with van der Waals surface area (Å²) in [6.45, 7) is 2.15. The Hall–Kier alpha value is -1.83. The van der Waals surface area contributed by atoms with E-state index in [9.17, 15) is 13.6 Å². The number of aromatic nitrogens is 3. The molecule has 9 heteroatoms. The van der Waals surface area contributed by atoms with Crippen molar-refractivity contribution in [1.82, 2.24) is 14.5 Å². The third-order valence-corrected chi connectivity index (χ3v) is 4.81. The standard InChI is InChI=1S/C16H11Cl2F2N3OS/c1-2-23-14-12(15(24)22-16(23)25)8(13(19)20)6-11(21-14)7-3-4-9(17)10(18)5-7/h3-6,13H,2H2,1H3,(H,22,24,25). The normalized spacial score (nSPS) is 11.4. The summed E-state index contributed by atoms with van der Waals surface area (Å²) in [5, 5.41) is 0.445. The van der Waals surface area contributed by atoms with Crippen LogP contribution >= 0.6 is 35.4 Å². The Morgan fingerprint density at radius 1 is 1.28 bits per heavy atom. The van der Waals surface area contributed by atoms with Gasteiger partial charge >= 0.3 is 0 Å². The summed E-state index contributed by atoms with van der Waals surface area (Å²) < 4.78 is 28.8. The number of nitrogens with zero attached hydrogens (tertiary/aromatic N) is 2. The molecule has 0 aliphatic heterocycles. The third-order valence-electron chi connectivity index (χ3n) is 3.75.